The molecule has 0 atom stereocenters. The largest absolute Gasteiger partial charge is 0.103 e. The summed E-state index contributed by atoms with van der Waals surface area (Å²) < 4.78 is 0. The molecule has 0 unspecified atom stereocenters. The van der Waals surface area contributed by atoms with Crippen LogP contribution in [0.1, 0.15) is 19.3 Å². The fraction of sp³-hybridized carbons (Fsp3) is 0.172. The Hall–Kier alpha value is -1.60. The van der Waals surface area contributed by atoms with E-state index in [1.807, 2.05) is 6.08 Å². The van der Waals surface area contributed by atoms with Crippen molar-refractivity contribution in [2.75, 3.05) is 0 Å². The van der Waals surface area contributed by atoms with Gasteiger partial charge in [0.05, 0.1) is 8.07 Å². The van der Waals surface area contributed by atoms with Gasteiger partial charge in [0, 0.05) is 35.5 Å². The minimum atomic E-state index is -1.94. The first kappa shape index (κ1) is 20.3. The highest BCUT2D eigenvalue weighted by atomic mass is 28.3. The third-order valence-corrected chi connectivity index (χ3v) is 10.3. The van der Waals surface area contributed by atoms with Crippen molar-refractivity contribution in [3.05, 3.63) is 144 Å². The van der Waals surface area contributed by atoms with Crippen molar-refractivity contribution in [2.24, 2.45) is 0 Å². The zero-order valence-corrected chi connectivity index (χ0v) is 18.9. The molecule has 30 heavy (non-hydrogen) atoms. The lowest BCUT2D eigenvalue weighted by Gasteiger charge is -2.42. The molecular weight excluding hydrogens is 376 g/mol. The minimum absolute atomic E-state index is 1.08. The van der Waals surface area contributed by atoms with Gasteiger partial charge in [-0.3, -0.25) is 0 Å². The third-order valence-electron chi connectivity index (χ3n) is 6.72. The van der Waals surface area contributed by atoms with Crippen LogP contribution in [0.3, 0.4) is 0 Å². The molecule has 0 aliphatic heterocycles. The van der Waals surface area contributed by atoms with E-state index in [0.29, 0.717) is 0 Å². The molecule has 148 valence electrons. The number of allylic oxidation sites excluding steroid dienone is 13. The summed E-state index contributed by atoms with van der Waals surface area (Å²) in [6.45, 7) is 8.97. The van der Waals surface area contributed by atoms with Gasteiger partial charge in [0.25, 0.3) is 0 Å². The zero-order chi connectivity index (χ0) is 20.7. The summed E-state index contributed by atoms with van der Waals surface area (Å²) in [7, 11) is -1.94. The monoisotopic (exact) mass is 404 g/mol. The van der Waals surface area contributed by atoms with Crippen LogP contribution in [-0.2, 0) is 0 Å². The first-order valence-corrected chi connectivity index (χ1v) is 14.0. The second-order valence-electron chi connectivity index (χ2n) is 8.90. The minimum Gasteiger partial charge on any atom is -0.103 e. The Morgan fingerprint density at radius 2 is 1.20 bits per heavy atom. The maximum Gasteiger partial charge on any atom is 0.0643 e. The van der Waals surface area contributed by atoms with E-state index in [9.17, 15) is 0 Å². The van der Waals surface area contributed by atoms with Crippen molar-refractivity contribution in [3.63, 3.8) is 0 Å². The summed E-state index contributed by atoms with van der Waals surface area (Å²) >= 11 is 0. The highest BCUT2D eigenvalue weighted by Crippen LogP contribution is 2.65. The van der Waals surface area contributed by atoms with Crippen LogP contribution in [0, 0.1) is 58.9 Å². The summed E-state index contributed by atoms with van der Waals surface area (Å²) in [5.41, 5.74) is 3.16. The fourth-order valence-corrected chi connectivity index (χ4v) is 8.79. The molecule has 0 N–H and O–H groups in total. The van der Waals surface area contributed by atoms with Crippen molar-refractivity contribution >= 4 is 8.07 Å². The van der Waals surface area contributed by atoms with E-state index in [0.717, 1.165) is 12.8 Å². The van der Waals surface area contributed by atoms with Gasteiger partial charge in [-0.2, -0.15) is 0 Å². The second-order valence-corrected chi connectivity index (χ2v) is 13.2. The van der Waals surface area contributed by atoms with Crippen molar-refractivity contribution in [1.82, 2.24) is 0 Å². The van der Waals surface area contributed by atoms with Gasteiger partial charge in [-0.15, -0.1) is 6.58 Å². The average Bonchev–Trinajstić information content (AvgIpc) is 3.31. The summed E-state index contributed by atoms with van der Waals surface area (Å²) in [5, 5.41) is 0. The van der Waals surface area contributed by atoms with Gasteiger partial charge in [-0.25, -0.2) is 0 Å². The van der Waals surface area contributed by atoms with Gasteiger partial charge < -0.3 is 0 Å². The molecule has 0 heterocycles. The normalized spacial score (nSPS) is 26.7. The standard InChI is InChI=1S/C29H28Si/c1-4-5-6-13-21-20-28(25-17-10-7-14-22(21)25)30(2,3)29-26-18-11-8-15-23(26)24-16-9-12-19-27(24)29/h4,7-12,14-20H,1,5-6,13H2,2-3H3. The first-order valence-electron chi connectivity index (χ1n) is 11.0. The lowest BCUT2D eigenvalue weighted by Crippen LogP contribution is -2.47. The molecule has 0 bridgehead atoms. The maximum atomic E-state index is 3.90. The van der Waals surface area contributed by atoms with E-state index in [4.69, 9.17) is 0 Å². The number of fused-ring (bicyclic) bond motifs is 4. The van der Waals surface area contributed by atoms with E-state index in [1.165, 1.54) is 47.8 Å². The van der Waals surface area contributed by atoms with Gasteiger partial charge in [0.1, 0.15) is 0 Å². The third kappa shape index (κ3) is 3.25. The molecule has 0 spiro atoms. The van der Waals surface area contributed by atoms with Crippen molar-refractivity contribution in [1.29, 1.82) is 0 Å². The van der Waals surface area contributed by atoms with Crippen LogP contribution >= 0.6 is 0 Å². The number of rotatable bonds is 6. The molecule has 10 radical (unpaired) electrons. The smallest absolute Gasteiger partial charge is 0.0643 e. The van der Waals surface area contributed by atoms with Crippen LogP contribution in [0.4, 0.5) is 0 Å². The lowest BCUT2D eigenvalue weighted by atomic mass is 9.83. The van der Waals surface area contributed by atoms with E-state index >= 15 is 0 Å². The molecule has 0 nitrogen and oxygen atoms in total. The molecule has 0 amide bonds. The highest BCUT2D eigenvalue weighted by molar-refractivity contribution is 6.90. The molecule has 5 aliphatic rings. The molecule has 0 aromatic heterocycles. The van der Waals surface area contributed by atoms with Crippen LogP contribution < -0.4 is 0 Å². The zero-order valence-electron chi connectivity index (χ0n) is 17.9. The Morgan fingerprint density at radius 3 is 1.77 bits per heavy atom. The van der Waals surface area contributed by atoms with E-state index in [1.54, 1.807) is 11.1 Å². The van der Waals surface area contributed by atoms with Gasteiger partial charge in [0.2, 0.25) is 0 Å². The summed E-state index contributed by atoms with van der Waals surface area (Å²) in [5.74, 6) is 10.1. The number of unbranched alkanes of at least 4 members (excludes halogenated alkanes) is 1. The van der Waals surface area contributed by atoms with Crippen molar-refractivity contribution < 1.29 is 0 Å². The molecule has 0 aromatic rings. The Bertz CT molecular complexity index is 800. The quantitative estimate of drug-likeness (QED) is 0.256. The SMILES string of the molecule is C=CCCC[C]1[CH][C]([Si](C)(C)[C]2[C]3C=CC=C[C]3[C]3C=CC=C[C]32)[C]2C=CC=C[C]12. The number of hydrogen-bond acceptors (Lipinski definition) is 0. The first-order chi connectivity index (χ1) is 14.6. The van der Waals surface area contributed by atoms with Crippen molar-refractivity contribution in [3.8, 4) is 0 Å². The summed E-state index contributed by atoms with van der Waals surface area (Å²) in [6.07, 6.45) is 34.9. The predicted molar refractivity (Wildman–Crippen MR) is 130 cm³/mol. The average molecular weight is 405 g/mol. The van der Waals surface area contributed by atoms with Crippen LogP contribution in [0.5, 0.6) is 0 Å². The van der Waals surface area contributed by atoms with E-state index < -0.39 is 8.07 Å². The number of hydrogen-bond donors (Lipinski definition) is 0. The maximum absolute atomic E-state index is 3.90. The van der Waals surface area contributed by atoms with E-state index in [-0.39, 0.29) is 0 Å². The summed E-state index contributed by atoms with van der Waals surface area (Å²) in [4.78, 5) is 0. The Kier molecular flexibility index (Phi) is 5.52. The van der Waals surface area contributed by atoms with Gasteiger partial charge in [-0.1, -0.05) is 92.1 Å². The predicted octanol–water partition coefficient (Wildman–Crippen LogP) is 6.91. The van der Waals surface area contributed by atoms with Crippen LogP contribution in [0.25, 0.3) is 0 Å². The molecule has 0 saturated heterocycles. The summed E-state index contributed by atoms with van der Waals surface area (Å²) in [6, 6.07) is 0. The molecule has 2 saturated carbocycles. The Labute approximate surface area is 184 Å². The van der Waals surface area contributed by atoms with Crippen LogP contribution in [0.15, 0.2) is 85.6 Å². The highest BCUT2D eigenvalue weighted by Gasteiger charge is 2.60. The molecular formula is C29H28Si. The van der Waals surface area contributed by atoms with Gasteiger partial charge in [-0.05, 0) is 42.7 Å². The second kappa shape index (κ2) is 8.15. The fourth-order valence-electron chi connectivity index (χ4n) is 5.31. The molecule has 5 aliphatic carbocycles. The molecule has 0 aromatic carbocycles. The van der Waals surface area contributed by atoms with Gasteiger partial charge in [0.15, 0.2) is 0 Å². The Balaban J connectivity index is 1.45. The Morgan fingerprint density at radius 1 is 0.700 bits per heavy atom. The van der Waals surface area contributed by atoms with E-state index in [2.05, 4.69) is 99.0 Å². The topological polar surface area (TPSA) is 0 Å². The van der Waals surface area contributed by atoms with Gasteiger partial charge >= 0.3 is 0 Å². The lowest BCUT2D eigenvalue weighted by molar-refractivity contribution is 0.777. The molecule has 1 heteroatoms. The molecule has 5 rings (SSSR count). The van der Waals surface area contributed by atoms with Crippen molar-refractivity contribution in [2.45, 2.75) is 32.4 Å². The molecule has 2 fully saturated rings. The van der Waals surface area contributed by atoms with Crippen LogP contribution in [0.2, 0.25) is 13.1 Å². The van der Waals surface area contributed by atoms with Crippen LogP contribution in [-0.4, -0.2) is 8.07 Å².